The zero-order chi connectivity index (χ0) is 14.5. The molecule has 0 aromatic carbocycles. The molecule has 4 heteroatoms. The Morgan fingerprint density at radius 2 is 1.89 bits per heavy atom. The third-order valence-corrected chi connectivity index (χ3v) is 4.16. The molecule has 0 aromatic rings. The second-order valence-corrected chi connectivity index (χ2v) is 6.43. The van der Waals surface area contributed by atoms with Gasteiger partial charge in [0.25, 0.3) is 0 Å². The Kier molecular flexibility index (Phi) is 6.27. The lowest BCUT2D eigenvalue weighted by Gasteiger charge is -2.30. The van der Waals surface area contributed by atoms with Crippen molar-refractivity contribution >= 4 is 5.91 Å². The molecule has 0 heterocycles. The number of amides is 1. The summed E-state index contributed by atoms with van der Waals surface area (Å²) in [7, 11) is 1.81. The summed E-state index contributed by atoms with van der Waals surface area (Å²) in [4.78, 5) is 13.9. The zero-order valence-electron chi connectivity index (χ0n) is 12.7. The van der Waals surface area contributed by atoms with Gasteiger partial charge in [0.15, 0.2) is 0 Å². The van der Waals surface area contributed by atoms with E-state index < -0.39 is 5.60 Å². The van der Waals surface area contributed by atoms with Crippen LogP contribution in [0.4, 0.5) is 0 Å². The van der Waals surface area contributed by atoms with Crippen molar-refractivity contribution in [2.24, 2.45) is 11.7 Å². The second kappa shape index (κ2) is 7.25. The fraction of sp³-hybridized carbons (Fsp3) is 0.933. The van der Waals surface area contributed by atoms with Crippen LogP contribution in [-0.2, 0) is 4.79 Å². The first kappa shape index (κ1) is 16.4. The molecule has 1 amide bonds. The van der Waals surface area contributed by atoms with Crippen LogP contribution in [0.2, 0.25) is 0 Å². The molecule has 1 saturated carbocycles. The molecule has 112 valence electrons. The van der Waals surface area contributed by atoms with Gasteiger partial charge >= 0.3 is 0 Å². The largest absolute Gasteiger partial charge is 0.388 e. The number of aliphatic hydroxyl groups is 1. The molecule has 0 spiro atoms. The standard InChI is InChI=1S/C15H30N2O2/c1-12(7-6-8-13(2)16)14(18)17(3)11-15(19)9-4-5-10-15/h12-13,19H,4-11,16H2,1-3H3. The Labute approximate surface area is 117 Å². The summed E-state index contributed by atoms with van der Waals surface area (Å²) in [5, 5.41) is 10.3. The van der Waals surface area contributed by atoms with Crippen molar-refractivity contribution in [1.29, 1.82) is 0 Å². The number of carbonyl (C=O) groups is 1. The zero-order valence-corrected chi connectivity index (χ0v) is 12.7. The molecule has 2 atom stereocenters. The fourth-order valence-electron chi connectivity index (χ4n) is 2.96. The molecule has 1 fully saturated rings. The van der Waals surface area contributed by atoms with Gasteiger partial charge in [-0.15, -0.1) is 0 Å². The third kappa shape index (κ3) is 5.49. The summed E-state index contributed by atoms with van der Waals surface area (Å²) >= 11 is 0. The topological polar surface area (TPSA) is 66.6 Å². The lowest BCUT2D eigenvalue weighted by Crippen LogP contribution is -2.43. The predicted molar refractivity (Wildman–Crippen MR) is 77.7 cm³/mol. The van der Waals surface area contributed by atoms with Crippen LogP contribution in [0.5, 0.6) is 0 Å². The Hall–Kier alpha value is -0.610. The van der Waals surface area contributed by atoms with E-state index in [1.807, 2.05) is 13.8 Å². The number of nitrogens with zero attached hydrogens (tertiary/aromatic N) is 1. The first-order valence-corrected chi connectivity index (χ1v) is 7.57. The van der Waals surface area contributed by atoms with Crippen LogP contribution in [0.15, 0.2) is 0 Å². The van der Waals surface area contributed by atoms with Gasteiger partial charge in [-0.25, -0.2) is 0 Å². The van der Waals surface area contributed by atoms with Crippen molar-refractivity contribution in [3.05, 3.63) is 0 Å². The van der Waals surface area contributed by atoms with E-state index in [0.29, 0.717) is 6.54 Å². The maximum atomic E-state index is 12.2. The molecule has 3 N–H and O–H groups in total. The van der Waals surface area contributed by atoms with Crippen molar-refractivity contribution in [3.63, 3.8) is 0 Å². The highest BCUT2D eigenvalue weighted by Gasteiger charge is 2.34. The molecule has 1 aliphatic rings. The van der Waals surface area contributed by atoms with E-state index in [4.69, 9.17) is 5.73 Å². The van der Waals surface area contributed by atoms with Gasteiger partial charge in [0.2, 0.25) is 5.91 Å². The molecule has 0 bridgehead atoms. The van der Waals surface area contributed by atoms with Crippen LogP contribution in [-0.4, -0.2) is 41.1 Å². The summed E-state index contributed by atoms with van der Waals surface area (Å²) in [5.41, 5.74) is 5.07. The molecule has 0 aliphatic heterocycles. The van der Waals surface area contributed by atoms with Gasteiger partial charge in [-0.2, -0.15) is 0 Å². The van der Waals surface area contributed by atoms with E-state index in [9.17, 15) is 9.90 Å². The van der Waals surface area contributed by atoms with E-state index in [1.165, 1.54) is 0 Å². The number of hydrogen-bond acceptors (Lipinski definition) is 3. The summed E-state index contributed by atoms with van der Waals surface area (Å²) in [6.45, 7) is 4.44. The molecule has 0 radical (unpaired) electrons. The normalized spacial score (nSPS) is 21.1. The average molecular weight is 270 g/mol. The van der Waals surface area contributed by atoms with E-state index in [-0.39, 0.29) is 17.9 Å². The van der Waals surface area contributed by atoms with Crippen molar-refractivity contribution in [2.75, 3.05) is 13.6 Å². The van der Waals surface area contributed by atoms with E-state index >= 15 is 0 Å². The average Bonchev–Trinajstić information content (AvgIpc) is 2.74. The van der Waals surface area contributed by atoms with Crippen LogP contribution in [0.3, 0.4) is 0 Å². The summed E-state index contributed by atoms with van der Waals surface area (Å²) in [6.07, 6.45) is 6.62. The number of hydrogen-bond donors (Lipinski definition) is 2. The highest BCUT2D eigenvalue weighted by Crippen LogP contribution is 2.30. The summed E-state index contributed by atoms with van der Waals surface area (Å²) < 4.78 is 0. The van der Waals surface area contributed by atoms with Crippen molar-refractivity contribution in [3.8, 4) is 0 Å². The number of carbonyl (C=O) groups excluding carboxylic acids is 1. The van der Waals surface area contributed by atoms with Gasteiger partial charge in [0.05, 0.1) is 5.60 Å². The summed E-state index contributed by atoms with van der Waals surface area (Å²) in [5.74, 6) is 0.166. The quantitative estimate of drug-likeness (QED) is 0.742. The van der Waals surface area contributed by atoms with Crippen molar-refractivity contribution in [1.82, 2.24) is 4.90 Å². The van der Waals surface area contributed by atoms with Gasteiger partial charge in [-0.1, -0.05) is 26.2 Å². The minimum atomic E-state index is -0.643. The van der Waals surface area contributed by atoms with E-state index in [0.717, 1.165) is 44.9 Å². The number of rotatable bonds is 7. The molecule has 0 aromatic heterocycles. The number of nitrogens with two attached hydrogens (primary N) is 1. The van der Waals surface area contributed by atoms with Gasteiger partial charge in [-0.3, -0.25) is 4.79 Å². The second-order valence-electron chi connectivity index (χ2n) is 6.43. The highest BCUT2D eigenvalue weighted by atomic mass is 16.3. The molecular weight excluding hydrogens is 240 g/mol. The molecule has 1 rings (SSSR count). The first-order chi connectivity index (χ1) is 8.84. The first-order valence-electron chi connectivity index (χ1n) is 7.57. The van der Waals surface area contributed by atoms with Gasteiger partial charge in [-0.05, 0) is 32.6 Å². The Morgan fingerprint density at radius 1 is 1.32 bits per heavy atom. The van der Waals surface area contributed by atoms with Gasteiger partial charge in [0, 0.05) is 25.6 Å². The highest BCUT2D eigenvalue weighted by molar-refractivity contribution is 5.78. The minimum Gasteiger partial charge on any atom is -0.388 e. The minimum absolute atomic E-state index is 0.0220. The maximum absolute atomic E-state index is 12.2. The Balaban J connectivity index is 2.34. The SMILES string of the molecule is CC(N)CCCC(C)C(=O)N(C)CC1(O)CCCC1. The lowest BCUT2D eigenvalue weighted by molar-refractivity contribution is -0.137. The maximum Gasteiger partial charge on any atom is 0.225 e. The van der Waals surface area contributed by atoms with Crippen molar-refractivity contribution < 1.29 is 9.90 Å². The monoisotopic (exact) mass is 270 g/mol. The molecule has 4 nitrogen and oxygen atoms in total. The van der Waals surface area contributed by atoms with E-state index in [2.05, 4.69) is 0 Å². The van der Waals surface area contributed by atoms with Crippen LogP contribution >= 0.6 is 0 Å². The van der Waals surface area contributed by atoms with Crippen LogP contribution in [0.25, 0.3) is 0 Å². The van der Waals surface area contributed by atoms with Crippen molar-refractivity contribution in [2.45, 2.75) is 70.4 Å². The van der Waals surface area contributed by atoms with Crippen LogP contribution in [0, 0.1) is 5.92 Å². The molecular formula is C15H30N2O2. The van der Waals surface area contributed by atoms with Crippen LogP contribution in [0.1, 0.15) is 58.8 Å². The summed E-state index contributed by atoms with van der Waals surface area (Å²) in [6, 6.07) is 0.208. The third-order valence-electron chi connectivity index (χ3n) is 4.16. The van der Waals surface area contributed by atoms with Crippen LogP contribution < -0.4 is 5.73 Å². The predicted octanol–water partition coefficient (Wildman–Crippen LogP) is 1.90. The fourth-order valence-corrected chi connectivity index (χ4v) is 2.96. The molecule has 1 aliphatic carbocycles. The molecule has 0 saturated heterocycles. The lowest BCUT2D eigenvalue weighted by atomic mass is 9.98. The molecule has 19 heavy (non-hydrogen) atoms. The number of likely N-dealkylation sites (N-methyl/N-ethyl adjacent to an activating group) is 1. The molecule has 2 unspecified atom stereocenters. The van der Waals surface area contributed by atoms with Gasteiger partial charge in [0.1, 0.15) is 0 Å². The van der Waals surface area contributed by atoms with E-state index in [1.54, 1.807) is 11.9 Å². The van der Waals surface area contributed by atoms with Gasteiger partial charge < -0.3 is 15.7 Å². The Bertz CT molecular complexity index is 286. The smallest absolute Gasteiger partial charge is 0.225 e. The Morgan fingerprint density at radius 3 is 2.42 bits per heavy atom.